The Kier molecular flexibility index (Phi) is 16.1. The lowest BCUT2D eigenvalue weighted by molar-refractivity contribution is 0.311. The zero-order valence-corrected chi connectivity index (χ0v) is 19.2. The van der Waals surface area contributed by atoms with E-state index in [2.05, 4.69) is 44.3 Å². The molecule has 0 amide bonds. The first-order chi connectivity index (χ1) is 13.7. The van der Waals surface area contributed by atoms with E-state index in [1.54, 1.807) is 0 Å². The number of ether oxygens (including phenoxy) is 1. The van der Waals surface area contributed by atoms with Gasteiger partial charge in [-0.2, -0.15) is 0 Å². The first-order valence-corrected chi connectivity index (χ1v) is 12.1. The molecule has 0 atom stereocenters. The van der Waals surface area contributed by atoms with Crippen molar-refractivity contribution >= 4 is 0 Å². The van der Waals surface area contributed by atoms with Gasteiger partial charge in [-0.15, -0.1) is 0 Å². The van der Waals surface area contributed by atoms with Gasteiger partial charge in [-0.05, 0) is 44.0 Å². The highest BCUT2D eigenvalue weighted by atomic mass is 16.5. The normalized spacial score (nSPS) is 11.1. The standard InChI is InChI=1S/C26H47NO/c1-4-5-6-7-8-9-10-11-12-13-14-15-16-17-20-27-21-22-28-26-23-24(2)18-19-25(26)3/h18-19,23,27H,4-17,20-22H2,1-3H3. The number of nitrogens with one attached hydrogen (secondary N) is 1. The maximum atomic E-state index is 5.88. The summed E-state index contributed by atoms with van der Waals surface area (Å²) in [5.41, 5.74) is 2.48. The van der Waals surface area contributed by atoms with Crippen molar-refractivity contribution in [1.29, 1.82) is 0 Å². The molecule has 0 aliphatic heterocycles. The van der Waals surface area contributed by atoms with Gasteiger partial charge < -0.3 is 10.1 Å². The van der Waals surface area contributed by atoms with Gasteiger partial charge in [0.1, 0.15) is 12.4 Å². The fraction of sp³-hybridized carbons (Fsp3) is 0.769. The molecule has 0 aromatic heterocycles. The SMILES string of the molecule is CCCCCCCCCCCCCCCCNCCOc1cc(C)ccc1C. The lowest BCUT2D eigenvalue weighted by Gasteiger charge is -2.10. The van der Waals surface area contributed by atoms with Crippen molar-refractivity contribution in [2.45, 2.75) is 111 Å². The minimum atomic E-state index is 0.753. The topological polar surface area (TPSA) is 21.3 Å². The summed E-state index contributed by atoms with van der Waals surface area (Å²) in [6.45, 7) is 9.32. The molecule has 0 spiro atoms. The number of unbranched alkanes of at least 4 members (excludes halogenated alkanes) is 13. The molecule has 0 fully saturated rings. The van der Waals surface area contributed by atoms with Crippen LogP contribution in [0.2, 0.25) is 0 Å². The highest BCUT2D eigenvalue weighted by Gasteiger charge is 1.99. The molecular weight excluding hydrogens is 342 g/mol. The van der Waals surface area contributed by atoms with Gasteiger partial charge in [0.2, 0.25) is 0 Å². The molecule has 1 aromatic carbocycles. The number of aryl methyl sites for hydroxylation is 2. The monoisotopic (exact) mass is 389 g/mol. The van der Waals surface area contributed by atoms with E-state index in [1.165, 1.54) is 101 Å². The molecule has 0 saturated heterocycles. The van der Waals surface area contributed by atoms with Gasteiger partial charge in [0, 0.05) is 6.54 Å². The van der Waals surface area contributed by atoms with E-state index in [0.717, 1.165) is 25.4 Å². The van der Waals surface area contributed by atoms with Crippen LogP contribution < -0.4 is 10.1 Å². The largest absolute Gasteiger partial charge is 0.492 e. The second kappa shape index (κ2) is 18.0. The average molecular weight is 390 g/mol. The molecule has 0 saturated carbocycles. The Bertz CT molecular complexity index is 472. The zero-order chi connectivity index (χ0) is 20.3. The molecule has 1 aromatic rings. The number of rotatable bonds is 19. The lowest BCUT2D eigenvalue weighted by Crippen LogP contribution is -2.22. The van der Waals surface area contributed by atoms with E-state index in [-0.39, 0.29) is 0 Å². The van der Waals surface area contributed by atoms with Gasteiger partial charge in [0.15, 0.2) is 0 Å². The van der Waals surface area contributed by atoms with Crippen LogP contribution in [0.15, 0.2) is 18.2 Å². The Balaban J connectivity index is 1.77. The van der Waals surface area contributed by atoms with Crippen molar-refractivity contribution in [3.8, 4) is 5.75 Å². The summed E-state index contributed by atoms with van der Waals surface area (Å²) in [7, 11) is 0. The summed E-state index contributed by atoms with van der Waals surface area (Å²) >= 11 is 0. The molecule has 28 heavy (non-hydrogen) atoms. The Hall–Kier alpha value is -1.02. The van der Waals surface area contributed by atoms with E-state index < -0.39 is 0 Å². The summed E-state index contributed by atoms with van der Waals surface area (Å²) in [5, 5.41) is 3.51. The Morgan fingerprint density at radius 2 is 1.21 bits per heavy atom. The quantitative estimate of drug-likeness (QED) is 0.244. The first-order valence-electron chi connectivity index (χ1n) is 12.1. The first kappa shape index (κ1) is 25.0. The maximum absolute atomic E-state index is 5.88. The third kappa shape index (κ3) is 14.0. The lowest BCUT2D eigenvalue weighted by atomic mass is 10.0. The van der Waals surface area contributed by atoms with Crippen LogP contribution in [-0.2, 0) is 0 Å². The molecule has 1 rings (SSSR count). The molecular formula is C26H47NO. The van der Waals surface area contributed by atoms with Crippen molar-refractivity contribution in [2.75, 3.05) is 19.7 Å². The molecule has 0 unspecified atom stereocenters. The van der Waals surface area contributed by atoms with Crippen LogP contribution in [0.25, 0.3) is 0 Å². The fourth-order valence-electron chi connectivity index (χ4n) is 3.67. The van der Waals surface area contributed by atoms with Gasteiger partial charge in [0.05, 0.1) is 0 Å². The van der Waals surface area contributed by atoms with Gasteiger partial charge >= 0.3 is 0 Å². The van der Waals surface area contributed by atoms with Crippen LogP contribution in [0.3, 0.4) is 0 Å². The molecule has 0 bridgehead atoms. The second-order valence-electron chi connectivity index (χ2n) is 8.46. The van der Waals surface area contributed by atoms with Crippen LogP contribution in [0.4, 0.5) is 0 Å². The highest BCUT2D eigenvalue weighted by Crippen LogP contribution is 2.18. The van der Waals surface area contributed by atoms with Gasteiger partial charge in [-0.1, -0.05) is 103 Å². The smallest absolute Gasteiger partial charge is 0.122 e. The molecule has 162 valence electrons. The van der Waals surface area contributed by atoms with Gasteiger partial charge in [-0.25, -0.2) is 0 Å². The third-order valence-electron chi connectivity index (χ3n) is 5.59. The molecule has 0 aliphatic rings. The fourth-order valence-corrected chi connectivity index (χ4v) is 3.67. The van der Waals surface area contributed by atoms with Crippen molar-refractivity contribution in [3.63, 3.8) is 0 Å². The predicted molar refractivity (Wildman–Crippen MR) is 125 cm³/mol. The third-order valence-corrected chi connectivity index (χ3v) is 5.59. The van der Waals surface area contributed by atoms with Crippen molar-refractivity contribution in [3.05, 3.63) is 29.3 Å². The molecule has 2 nitrogen and oxygen atoms in total. The highest BCUT2D eigenvalue weighted by molar-refractivity contribution is 5.35. The van der Waals surface area contributed by atoms with Crippen LogP contribution in [0, 0.1) is 13.8 Å². The van der Waals surface area contributed by atoms with E-state index in [0.29, 0.717) is 0 Å². The second-order valence-corrected chi connectivity index (χ2v) is 8.46. The number of hydrogen-bond acceptors (Lipinski definition) is 2. The summed E-state index contributed by atoms with van der Waals surface area (Å²) < 4.78 is 5.88. The van der Waals surface area contributed by atoms with Crippen LogP contribution in [-0.4, -0.2) is 19.7 Å². The van der Waals surface area contributed by atoms with E-state index in [1.807, 2.05) is 0 Å². The number of hydrogen-bond donors (Lipinski definition) is 1. The molecule has 1 N–H and O–H groups in total. The Morgan fingerprint density at radius 3 is 1.79 bits per heavy atom. The average Bonchev–Trinajstić information content (AvgIpc) is 2.69. The van der Waals surface area contributed by atoms with Crippen molar-refractivity contribution in [2.24, 2.45) is 0 Å². The summed E-state index contributed by atoms with van der Waals surface area (Å²) in [4.78, 5) is 0. The van der Waals surface area contributed by atoms with Crippen LogP contribution in [0.1, 0.15) is 108 Å². The van der Waals surface area contributed by atoms with Crippen molar-refractivity contribution in [1.82, 2.24) is 5.32 Å². The van der Waals surface area contributed by atoms with E-state index >= 15 is 0 Å². The summed E-state index contributed by atoms with van der Waals surface area (Å²) in [5.74, 6) is 1.03. The zero-order valence-electron chi connectivity index (χ0n) is 19.2. The van der Waals surface area contributed by atoms with Crippen LogP contribution >= 0.6 is 0 Å². The predicted octanol–water partition coefficient (Wildman–Crippen LogP) is 7.75. The van der Waals surface area contributed by atoms with Gasteiger partial charge in [0.25, 0.3) is 0 Å². The minimum absolute atomic E-state index is 0.753. The van der Waals surface area contributed by atoms with Gasteiger partial charge in [-0.3, -0.25) is 0 Å². The Morgan fingerprint density at radius 1 is 0.679 bits per heavy atom. The Labute approximate surface area is 175 Å². The summed E-state index contributed by atoms with van der Waals surface area (Å²) in [6.07, 6.45) is 19.9. The van der Waals surface area contributed by atoms with E-state index in [9.17, 15) is 0 Å². The maximum Gasteiger partial charge on any atom is 0.122 e. The molecule has 0 radical (unpaired) electrons. The summed E-state index contributed by atoms with van der Waals surface area (Å²) in [6, 6.07) is 6.39. The minimum Gasteiger partial charge on any atom is -0.492 e. The molecule has 2 heteroatoms. The molecule has 0 aliphatic carbocycles. The number of benzene rings is 1. The molecule has 0 heterocycles. The van der Waals surface area contributed by atoms with Crippen molar-refractivity contribution < 1.29 is 4.74 Å². The van der Waals surface area contributed by atoms with Crippen LogP contribution in [0.5, 0.6) is 5.75 Å². The van der Waals surface area contributed by atoms with E-state index in [4.69, 9.17) is 4.74 Å².